The zero-order valence-corrected chi connectivity index (χ0v) is 16.4. The molecule has 4 aliphatic heterocycles. The van der Waals surface area contributed by atoms with Crippen LogP contribution in [0.2, 0.25) is 0 Å². The molecule has 9 heteroatoms. The molecule has 0 bridgehead atoms. The zero-order valence-electron chi connectivity index (χ0n) is 15.5. The predicted octanol–water partition coefficient (Wildman–Crippen LogP) is 2.69. The van der Waals surface area contributed by atoms with Crippen LogP contribution in [0, 0.1) is 23.3 Å². The van der Waals surface area contributed by atoms with Crippen LogP contribution in [0.1, 0.15) is 25.3 Å². The van der Waals surface area contributed by atoms with E-state index in [1.165, 1.54) is 0 Å². The van der Waals surface area contributed by atoms with Gasteiger partial charge in [0.05, 0.1) is 0 Å². The van der Waals surface area contributed by atoms with E-state index in [2.05, 4.69) is 18.7 Å². The van der Waals surface area contributed by atoms with E-state index in [4.69, 9.17) is 0 Å². The number of hydrogen-bond donors (Lipinski definition) is 0. The number of hydrogen-bond acceptors (Lipinski definition) is 4. The molecule has 5 rings (SSSR count). The molecule has 4 aliphatic rings. The molecule has 0 saturated carbocycles. The van der Waals surface area contributed by atoms with Gasteiger partial charge in [0.25, 0.3) is 0 Å². The number of halogens is 4. The summed E-state index contributed by atoms with van der Waals surface area (Å²) in [6.45, 7) is 7.36. The summed E-state index contributed by atoms with van der Waals surface area (Å²) in [7, 11) is -3.70. The normalized spacial score (nSPS) is 28.4. The average Bonchev–Trinajstić information content (AvgIpc) is 3.30. The van der Waals surface area contributed by atoms with Gasteiger partial charge in [-0.2, -0.15) is 0 Å². The zero-order chi connectivity index (χ0) is 19.0. The number of nitrogens with zero attached hydrogens (tertiary/aromatic N) is 4. The van der Waals surface area contributed by atoms with Crippen LogP contribution in [-0.2, 0) is 6.42 Å². The molecule has 1 spiro atoms. The molecule has 4 nitrogen and oxygen atoms in total. The van der Waals surface area contributed by atoms with Gasteiger partial charge in [-0.15, -0.1) is 0 Å². The molecule has 0 unspecified atom stereocenters. The summed E-state index contributed by atoms with van der Waals surface area (Å²) >= 11 is 0. The first-order chi connectivity index (χ1) is 13.0. The fourth-order valence-corrected chi connectivity index (χ4v) is 13.9. The molecule has 0 amide bonds. The number of benzene rings is 1. The SMILES string of the molecule is CCCCc1c(F)c(F)c(P234N5CCN2CCN3CCN4CC5)c(F)c1F. The third-order valence-electron chi connectivity index (χ3n) is 7.06. The van der Waals surface area contributed by atoms with Gasteiger partial charge in [0.15, 0.2) is 0 Å². The molecule has 1 aromatic carbocycles. The van der Waals surface area contributed by atoms with Crippen molar-refractivity contribution >= 4 is 12.5 Å². The van der Waals surface area contributed by atoms with Gasteiger partial charge in [-0.25, -0.2) is 0 Å². The molecule has 4 saturated heterocycles. The Morgan fingerprint density at radius 1 is 0.667 bits per heavy atom. The molecule has 0 atom stereocenters. The molecule has 0 aromatic heterocycles. The molecule has 4 fully saturated rings. The van der Waals surface area contributed by atoms with E-state index < -0.39 is 36.0 Å². The summed E-state index contributed by atoms with van der Waals surface area (Å²) in [5.41, 5.74) is -0.444. The van der Waals surface area contributed by atoms with Crippen LogP contribution in [0.25, 0.3) is 0 Å². The van der Waals surface area contributed by atoms with Crippen molar-refractivity contribution in [2.45, 2.75) is 26.2 Å². The maximum atomic E-state index is 15.6. The summed E-state index contributed by atoms with van der Waals surface area (Å²) in [5.74, 6) is -4.73. The molecule has 0 N–H and O–H groups in total. The second-order valence-electron chi connectivity index (χ2n) is 7.94. The van der Waals surface area contributed by atoms with Crippen LogP contribution in [0.4, 0.5) is 17.6 Å². The van der Waals surface area contributed by atoms with Gasteiger partial charge in [0.1, 0.15) is 0 Å². The number of unbranched alkanes of at least 4 members (excludes halogenated alkanes) is 1. The Hall–Kier alpha value is -0.790. The molecule has 0 radical (unpaired) electrons. The van der Waals surface area contributed by atoms with Gasteiger partial charge >= 0.3 is 156 Å². The Morgan fingerprint density at radius 2 is 1.04 bits per heavy atom. The van der Waals surface area contributed by atoms with E-state index in [0.717, 1.165) is 0 Å². The van der Waals surface area contributed by atoms with Crippen LogP contribution in [0.5, 0.6) is 0 Å². The van der Waals surface area contributed by atoms with E-state index >= 15 is 17.6 Å². The summed E-state index contributed by atoms with van der Waals surface area (Å²) < 4.78 is 69.8. The van der Waals surface area contributed by atoms with Gasteiger partial charge in [0.2, 0.25) is 0 Å². The second kappa shape index (κ2) is 5.86. The Bertz CT molecular complexity index is 715. The van der Waals surface area contributed by atoms with Crippen molar-refractivity contribution in [2.75, 3.05) is 52.4 Å². The summed E-state index contributed by atoms with van der Waals surface area (Å²) in [4.78, 5) is 0. The van der Waals surface area contributed by atoms with Gasteiger partial charge in [0, 0.05) is 0 Å². The molecule has 27 heavy (non-hydrogen) atoms. The van der Waals surface area contributed by atoms with Gasteiger partial charge in [-0.1, -0.05) is 0 Å². The minimum atomic E-state index is -3.70. The monoisotopic (exact) mass is 404 g/mol. The van der Waals surface area contributed by atoms with Crippen molar-refractivity contribution in [3.05, 3.63) is 28.8 Å². The minimum absolute atomic E-state index is 0.0130. The molecule has 0 aliphatic carbocycles. The molecule has 150 valence electrons. The topological polar surface area (TPSA) is 13.0 Å². The predicted molar refractivity (Wildman–Crippen MR) is 97.7 cm³/mol. The average molecular weight is 404 g/mol. The van der Waals surface area contributed by atoms with E-state index in [1.54, 1.807) is 0 Å². The quantitative estimate of drug-likeness (QED) is 0.435. The summed E-state index contributed by atoms with van der Waals surface area (Å²) in [6, 6.07) is 0. The van der Waals surface area contributed by atoms with Crippen LogP contribution in [0.3, 0.4) is 0 Å². The van der Waals surface area contributed by atoms with Crippen LogP contribution < -0.4 is 5.30 Å². The van der Waals surface area contributed by atoms with Crippen LogP contribution in [0.15, 0.2) is 0 Å². The first-order valence-corrected chi connectivity index (χ1v) is 11.9. The molecule has 4 heterocycles. The fraction of sp³-hybridized carbons (Fsp3) is 0.667. The van der Waals surface area contributed by atoms with Crippen molar-refractivity contribution < 1.29 is 17.6 Å². The maximum absolute atomic E-state index is 15.6. The van der Waals surface area contributed by atoms with Crippen molar-refractivity contribution in [3.63, 3.8) is 0 Å². The standard InChI is InChI=1S/C18H25F4N4P/c1-2-3-4-13-14(19)16(21)18(17(22)15(13)20)27-23-5-6-24(27)9-10-26(27)12-11-25(27)8-7-23/h2-12H2,1H3. The molecule has 1 aromatic rings. The molecular weight excluding hydrogens is 379 g/mol. The van der Waals surface area contributed by atoms with Crippen molar-refractivity contribution in [2.24, 2.45) is 0 Å². The van der Waals surface area contributed by atoms with Crippen LogP contribution in [-0.4, -0.2) is 71.0 Å². The van der Waals surface area contributed by atoms with Crippen molar-refractivity contribution in [1.82, 2.24) is 18.7 Å². The number of rotatable bonds is 4. The van der Waals surface area contributed by atoms with Gasteiger partial charge in [-0.3, -0.25) is 0 Å². The third kappa shape index (κ3) is 1.79. The Kier molecular flexibility index (Phi) is 3.96. The fourth-order valence-electron chi connectivity index (χ4n) is 6.07. The first-order valence-electron chi connectivity index (χ1n) is 9.87. The van der Waals surface area contributed by atoms with E-state index in [0.29, 0.717) is 65.2 Å². The van der Waals surface area contributed by atoms with Crippen molar-refractivity contribution in [3.8, 4) is 0 Å². The first kappa shape index (κ1) is 18.3. The van der Waals surface area contributed by atoms with E-state index in [1.807, 2.05) is 6.92 Å². The summed E-state index contributed by atoms with van der Waals surface area (Å²) in [5, 5.41) is -0.332. The van der Waals surface area contributed by atoms with Crippen molar-refractivity contribution in [1.29, 1.82) is 0 Å². The van der Waals surface area contributed by atoms with Gasteiger partial charge < -0.3 is 0 Å². The van der Waals surface area contributed by atoms with E-state index in [9.17, 15) is 0 Å². The van der Waals surface area contributed by atoms with Gasteiger partial charge in [-0.05, 0) is 0 Å². The summed E-state index contributed by atoms with van der Waals surface area (Å²) in [6.07, 6.45) is 1.21. The Labute approximate surface area is 156 Å². The third-order valence-corrected chi connectivity index (χ3v) is 14.0. The second-order valence-corrected chi connectivity index (χ2v) is 12.5. The Morgan fingerprint density at radius 3 is 1.37 bits per heavy atom. The molecular formula is C18H25F4N4P. The van der Waals surface area contributed by atoms with Crippen LogP contribution >= 0.6 is 7.21 Å². The van der Waals surface area contributed by atoms with E-state index in [-0.39, 0.29) is 11.7 Å². The Balaban J connectivity index is 1.82.